The third-order valence-electron chi connectivity index (χ3n) is 3.01. The second-order valence-corrected chi connectivity index (χ2v) is 6.18. The number of nitrogens with zero attached hydrogens (tertiary/aromatic N) is 3. The summed E-state index contributed by atoms with van der Waals surface area (Å²) in [5.74, 6) is 3.44. The Labute approximate surface area is 108 Å². The van der Waals surface area contributed by atoms with Crippen LogP contribution in [0, 0.1) is 6.92 Å². The van der Waals surface area contributed by atoms with Crippen molar-refractivity contribution in [3.05, 3.63) is 12.0 Å². The average Bonchev–Trinajstić information content (AvgIpc) is 2.74. The van der Waals surface area contributed by atoms with Gasteiger partial charge in [0, 0.05) is 6.04 Å². The number of thioether (sulfide) groups is 1. The van der Waals surface area contributed by atoms with Crippen molar-refractivity contribution < 1.29 is 0 Å². The molecule has 0 aliphatic carbocycles. The molecule has 0 bridgehead atoms. The van der Waals surface area contributed by atoms with Crippen LogP contribution in [0.25, 0.3) is 10.2 Å². The maximum atomic E-state index is 4.37. The standard InChI is InChI=1S/C11H14N4S2/c1-7-9-10(12-6-13-11(9)17-15-7)14-8-2-4-16-5-3-8/h6,8H,2-5H2,1H3,(H,12,13,14). The molecule has 0 aromatic carbocycles. The second kappa shape index (κ2) is 4.78. The summed E-state index contributed by atoms with van der Waals surface area (Å²) < 4.78 is 4.34. The summed E-state index contributed by atoms with van der Waals surface area (Å²) in [6.45, 7) is 2.02. The van der Waals surface area contributed by atoms with Gasteiger partial charge in [0.15, 0.2) is 0 Å². The molecule has 3 rings (SSSR count). The van der Waals surface area contributed by atoms with Gasteiger partial charge in [-0.1, -0.05) is 0 Å². The van der Waals surface area contributed by atoms with E-state index in [9.17, 15) is 0 Å². The van der Waals surface area contributed by atoms with Gasteiger partial charge in [-0.3, -0.25) is 0 Å². The van der Waals surface area contributed by atoms with E-state index in [4.69, 9.17) is 0 Å². The van der Waals surface area contributed by atoms with Gasteiger partial charge in [0.2, 0.25) is 0 Å². The van der Waals surface area contributed by atoms with Crippen LogP contribution < -0.4 is 5.32 Å². The number of nitrogens with one attached hydrogen (secondary N) is 1. The van der Waals surface area contributed by atoms with Crippen LogP contribution >= 0.6 is 23.3 Å². The number of hydrogen-bond donors (Lipinski definition) is 1. The Morgan fingerprint density at radius 2 is 2.12 bits per heavy atom. The molecule has 2 aromatic rings. The van der Waals surface area contributed by atoms with E-state index in [1.54, 1.807) is 6.33 Å². The first-order chi connectivity index (χ1) is 8.34. The predicted molar refractivity (Wildman–Crippen MR) is 73.9 cm³/mol. The topological polar surface area (TPSA) is 50.7 Å². The van der Waals surface area contributed by atoms with Gasteiger partial charge in [0.25, 0.3) is 0 Å². The van der Waals surface area contributed by atoms with Crippen LogP contribution in [0.1, 0.15) is 18.5 Å². The van der Waals surface area contributed by atoms with E-state index in [1.165, 1.54) is 35.9 Å². The van der Waals surface area contributed by atoms with Gasteiger partial charge in [-0.25, -0.2) is 9.97 Å². The monoisotopic (exact) mass is 266 g/mol. The van der Waals surface area contributed by atoms with Crippen LogP contribution in [-0.4, -0.2) is 31.9 Å². The number of hydrogen-bond acceptors (Lipinski definition) is 6. The van der Waals surface area contributed by atoms with Crippen molar-refractivity contribution in [3.63, 3.8) is 0 Å². The fourth-order valence-corrected chi connectivity index (χ4v) is 3.92. The molecule has 0 atom stereocenters. The number of fused-ring (bicyclic) bond motifs is 1. The van der Waals surface area contributed by atoms with Gasteiger partial charge in [-0.05, 0) is 42.8 Å². The van der Waals surface area contributed by atoms with Crippen molar-refractivity contribution in [2.75, 3.05) is 16.8 Å². The summed E-state index contributed by atoms with van der Waals surface area (Å²) in [7, 11) is 0. The predicted octanol–water partition coefficient (Wildman–Crippen LogP) is 2.70. The Balaban J connectivity index is 1.91. The number of aromatic nitrogens is 3. The molecule has 1 fully saturated rings. The molecule has 1 aliphatic heterocycles. The molecule has 2 aromatic heterocycles. The Hall–Kier alpha value is -0.880. The van der Waals surface area contributed by atoms with E-state index in [2.05, 4.69) is 19.7 Å². The van der Waals surface area contributed by atoms with Crippen LogP contribution in [0.15, 0.2) is 6.33 Å². The van der Waals surface area contributed by atoms with Crippen molar-refractivity contribution in [3.8, 4) is 0 Å². The Morgan fingerprint density at radius 1 is 1.29 bits per heavy atom. The van der Waals surface area contributed by atoms with Crippen LogP contribution in [0.5, 0.6) is 0 Å². The minimum absolute atomic E-state index is 0.550. The first-order valence-corrected chi connectivity index (χ1v) is 7.68. The molecule has 6 heteroatoms. The minimum Gasteiger partial charge on any atom is -0.367 e. The van der Waals surface area contributed by atoms with Gasteiger partial charge < -0.3 is 5.32 Å². The molecule has 0 amide bonds. The molecule has 90 valence electrons. The lowest BCUT2D eigenvalue weighted by molar-refractivity contribution is 0.664. The van der Waals surface area contributed by atoms with E-state index in [0.29, 0.717) is 6.04 Å². The van der Waals surface area contributed by atoms with Gasteiger partial charge in [0.1, 0.15) is 17.0 Å². The summed E-state index contributed by atoms with van der Waals surface area (Å²) in [5, 5.41) is 4.65. The molecule has 1 N–H and O–H groups in total. The fourth-order valence-electron chi connectivity index (χ4n) is 2.07. The Kier molecular flexibility index (Phi) is 3.15. The molecule has 0 unspecified atom stereocenters. The quantitative estimate of drug-likeness (QED) is 0.905. The highest BCUT2D eigenvalue weighted by atomic mass is 32.2. The molecule has 3 heterocycles. The zero-order valence-electron chi connectivity index (χ0n) is 9.64. The summed E-state index contributed by atoms with van der Waals surface area (Å²) in [5.41, 5.74) is 1.03. The van der Waals surface area contributed by atoms with Gasteiger partial charge >= 0.3 is 0 Å². The van der Waals surface area contributed by atoms with Gasteiger partial charge in [0.05, 0.1) is 11.1 Å². The number of rotatable bonds is 2. The molecule has 0 radical (unpaired) electrons. The second-order valence-electron chi connectivity index (χ2n) is 4.20. The molecular formula is C11H14N4S2. The third-order valence-corrected chi connectivity index (χ3v) is 4.90. The van der Waals surface area contributed by atoms with Gasteiger partial charge in [-0.2, -0.15) is 16.1 Å². The highest BCUT2D eigenvalue weighted by molar-refractivity contribution is 7.99. The van der Waals surface area contributed by atoms with Crippen LogP contribution in [0.3, 0.4) is 0 Å². The number of anilines is 1. The normalized spacial score (nSPS) is 17.5. The molecule has 0 saturated carbocycles. The Bertz CT molecular complexity index is 519. The fraction of sp³-hybridized carbons (Fsp3) is 0.545. The summed E-state index contributed by atoms with van der Waals surface area (Å²) in [6.07, 6.45) is 4.05. The molecule has 1 aliphatic rings. The first kappa shape index (κ1) is 11.2. The first-order valence-electron chi connectivity index (χ1n) is 5.76. The zero-order chi connectivity index (χ0) is 11.7. The number of aryl methyl sites for hydroxylation is 1. The van der Waals surface area contributed by atoms with E-state index < -0.39 is 0 Å². The van der Waals surface area contributed by atoms with E-state index in [0.717, 1.165) is 21.7 Å². The van der Waals surface area contributed by atoms with Crippen molar-refractivity contribution >= 4 is 39.3 Å². The minimum atomic E-state index is 0.550. The van der Waals surface area contributed by atoms with E-state index in [-0.39, 0.29) is 0 Å². The highest BCUT2D eigenvalue weighted by Crippen LogP contribution is 2.28. The maximum Gasteiger partial charge on any atom is 0.149 e. The van der Waals surface area contributed by atoms with Crippen molar-refractivity contribution in [1.82, 2.24) is 14.3 Å². The maximum absolute atomic E-state index is 4.37. The van der Waals surface area contributed by atoms with Crippen LogP contribution in [-0.2, 0) is 0 Å². The van der Waals surface area contributed by atoms with Crippen molar-refractivity contribution in [2.24, 2.45) is 0 Å². The molecule has 17 heavy (non-hydrogen) atoms. The van der Waals surface area contributed by atoms with Gasteiger partial charge in [-0.15, -0.1) is 0 Å². The van der Waals surface area contributed by atoms with Crippen LogP contribution in [0.4, 0.5) is 5.82 Å². The van der Waals surface area contributed by atoms with Crippen LogP contribution in [0.2, 0.25) is 0 Å². The summed E-state index contributed by atoms with van der Waals surface area (Å²) in [6, 6.07) is 0.550. The van der Waals surface area contributed by atoms with Crippen molar-refractivity contribution in [2.45, 2.75) is 25.8 Å². The summed E-state index contributed by atoms with van der Waals surface area (Å²) in [4.78, 5) is 9.61. The smallest absolute Gasteiger partial charge is 0.149 e. The van der Waals surface area contributed by atoms with Crippen molar-refractivity contribution in [1.29, 1.82) is 0 Å². The van der Waals surface area contributed by atoms with E-state index in [1.807, 2.05) is 18.7 Å². The Morgan fingerprint density at radius 3 is 2.94 bits per heavy atom. The zero-order valence-corrected chi connectivity index (χ0v) is 11.3. The molecular weight excluding hydrogens is 252 g/mol. The molecule has 4 nitrogen and oxygen atoms in total. The summed E-state index contributed by atoms with van der Waals surface area (Å²) >= 11 is 3.48. The average molecular weight is 266 g/mol. The molecule has 1 saturated heterocycles. The van der Waals surface area contributed by atoms with E-state index >= 15 is 0 Å². The lowest BCUT2D eigenvalue weighted by Crippen LogP contribution is -2.25. The lowest BCUT2D eigenvalue weighted by atomic mass is 10.1. The largest absolute Gasteiger partial charge is 0.367 e. The third kappa shape index (κ3) is 2.24. The highest BCUT2D eigenvalue weighted by Gasteiger charge is 2.16. The SMILES string of the molecule is Cc1nsc2ncnc(NC3CCSCC3)c12. The lowest BCUT2D eigenvalue weighted by Gasteiger charge is -2.23. The molecule has 0 spiro atoms.